The van der Waals surface area contributed by atoms with Gasteiger partial charge in [0.05, 0.1) is 6.42 Å². The van der Waals surface area contributed by atoms with Crippen LogP contribution in [0.5, 0.6) is 0 Å². The number of carbonyl (C=O) groups excluding carboxylic acids is 1. The Hall–Kier alpha value is -1.32. The Kier molecular flexibility index (Phi) is 19.5. The van der Waals surface area contributed by atoms with E-state index in [0.717, 1.165) is 38.5 Å². The van der Waals surface area contributed by atoms with Gasteiger partial charge in [-0.25, -0.2) is 0 Å². The molecule has 0 fully saturated rings. The molecule has 1 N–H and O–H groups in total. The third kappa shape index (κ3) is 19.4. The van der Waals surface area contributed by atoms with Crippen molar-refractivity contribution in [1.82, 2.24) is 0 Å². The summed E-state index contributed by atoms with van der Waals surface area (Å²) in [6.07, 6.45) is 20.9. The molecule has 0 radical (unpaired) electrons. The first kappa shape index (κ1) is 26.7. The second-order valence-electron chi connectivity index (χ2n) is 7.83. The number of carboxylic acid groups (broad SMARTS) is 1. The normalized spacial score (nSPS) is 12.4. The van der Waals surface area contributed by atoms with Crippen molar-refractivity contribution in [1.29, 1.82) is 0 Å². The molecule has 0 aliphatic carbocycles. The Balaban J connectivity index is 3.89. The molecule has 0 saturated heterocycles. The number of esters is 1. The SMILES string of the molecule is CCCCCC/C=C\CCCC(CC(=O)O)OC(=O)CCCCCCCCC. The van der Waals surface area contributed by atoms with Crippen LogP contribution in [0.4, 0.5) is 0 Å². The number of rotatable bonds is 20. The molecule has 4 nitrogen and oxygen atoms in total. The Labute approximate surface area is 173 Å². The van der Waals surface area contributed by atoms with Gasteiger partial charge in [-0.05, 0) is 38.5 Å². The van der Waals surface area contributed by atoms with Crippen LogP contribution in [0, 0.1) is 0 Å². The van der Waals surface area contributed by atoms with Crippen LogP contribution in [0.25, 0.3) is 0 Å². The summed E-state index contributed by atoms with van der Waals surface area (Å²) in [4.78, 5) is 23.0. The summed E-state index contributed by atoms with van der Waals surface area (Å²) in [5.74, 6) is -1.15. The number of aliphatic carboxylic acids is 1. The third-order valence-electron chi connectivity index (χ3n) is 4.97. The molecule has 28 heavy (non-hydrogen) atoms. The van der Waals surface area contributed by atoms with Gasteiger partial charge < -0.3 is 9.84 Å². The number of carbonyl (C=O) groups is 2. The fourth-order valence-corrected chi connectivity index (χ4v) is 3.26. The van der Waals surface area contributed by atoms with Crippen molar-refractivity contribution in [3.8, 4) is 0 Å². The quantitative estimate of drug-likeness (QED) is 0.134. The summed E-state index contributed by atoms with van der Waals surface area (Å²) in [7, 11) is 0. The predicted octanol–water partition coefficient (Wildman–Crippen LogP) is 7.21. The fourth-order valence-electron chi connectivity index (χ4n) is 3.26. The molecule has 1 unspecified atom stereocenters. The van der Waals surface area contributed by atoms with E-state index in [0.29, 0.717) is 12.8 Å². The summed E-state index contributed by atoms with van der Waals surface area (Å²) in [5.41, 5.74) is 0. The molecule has 0 aromatic carbocycles. The van der Waals surface area contributed by atoms with E-state index in [4.69, 9.17) is 9.84 Å². The van der Waals surface area contributed by atoms with Gasteiger partial charge in [-0.3, -0.25) is 9.59 Å². The lowest BCUT2D eigenvalue weighted by Gasteiger charge is -2.16. The van der Waals surface area contributed by atoms with Crippen LogP contribution >= 0.6 is 0 Å². The van der Waals surface area contributed by atoms with Gasteiger partial charge in [0.15, 0.2) is 0 Å². The van der Waals surface area contributed by atoms with Gasteiger partial charge in [0.2, 0.25) is 0 Å². The second-order valence-corrected chi connectivity index (χ2v) is 7.83. The maximum atomic E-state index is 12.0. The first-order valence-electron chi connectivity index (χ1n) is 11.7. The van der Waals surface area contributed by atoms with E-state index in [9.17, 15) is 9.59 Å². The Morgan fingerprint density at radius 2 is 1.32 bits per heavy atom. The van der Waals surface area contributed by atoms with Crippen LogP contribution in [0.15, 0.2) is 12.2 Å². The molecule has 0 rings (SSSR count). The molecule has 0 amide bonds. The van der Waals surface area contributed by atoms with Gasteiger partial charge in [-0.2, -0.15) is 0 Å². The van der Waals surface area contributed by atoms with Crippen molar-refractivity contribution in [2.75, 3.05) is 0 Å². The largest absolute Gasteiger partial charge is 0.481 e. The van der Waals surface area contributed by atoms with Crippen LogP contribution in [-0.4, -0.2) is 23.1 Å². The van der Waals surface area contributed by atoms with Crippen molar-refractivity contribution in [2.45, 2.75) is 129 Å². The van der Waals surface area contributed by atoms with Crippen LogP contribution in [-0.2, 0) is 14.3 Å². The number of hydrogen-bond acceptors (Lipinski definition) is 3. The minimum Gasteiger partial charge on any atom is -0.481 e. The summed E-state index contributed by atoms with van der Waals surface area (Å²) in [6, 6.07) is 0. The molecular weight excluding hydrogens is 352 g/mol. The molecular formula is C24H44O4. The summed E-state index contributed by atoms with van der Waals surface area (Å²) in [6.45, 7) is 4.42. The van der Waals surface area contributed by atoms with Crippen molar-refractivity contribution < 1.29 is 19.4 Å². The second kappa shape index (κ2) is 20.4. The number of hydrogen-bond donors (Lipinski definition) is 1. The number of carboxylic acids is 1. The van der Waals surface area contributed by atoms with Crippen molar-refractivity contribution in [2.24, 2.45) is 0 Å². The molecule has 0 bridgehead atoms. The number of unbranched alkanes of at least 4 members (excludes halogenated alkanes) is 11. The molecule has 0 spiro atoms. The zero-order valence-electron chi connectivity index (χ0n) is 18.4. The maximum Gasteiger partial charge on any atom is 0.307 e. The molecule has 0 saturated carbocycles. The highest BCUT2D eigenvalue weighted by atomic mass is 16.5. The van der Waals surface area contributed by atoms with E-state index in [1.54, 1.807) is 0 Å². The highest BCUT2D eigenvalue weighted by Gasteiger charge is 2.17. The van der Waals surface area contributed by atoms with Gasteiger partial charge in [0, 0.05) is 6.42 Å². The first-order valence-corrected chi connectivity index (χ1v) is 11.7. The van der Waals surface area contributed by atoms with Gasteiger partial charge in [-0.15, -0.1) is 0 Å². The minimum absolute atomic E-state index is 0.0938. The fraction of sp³-hybridized carbons (Fsp3) is 0.833. The van der Waals surface area contributed by atoms with Crippen molar-refractivity contribution in [3.63, 3.8) is 0 Å². The first-order chi connectivity index (χ1) is 13.6. The maximum absolute atomic E-state index is 12.0. The highest BCUT2D eigenvalue weighted by Crippen LogP contribution is 2.14. The Bertz CT molecular complexity index is 403. The number of ether oxygens (including phenoxy) is 1. The lowest BCUT2D eigenvalue weighted by atomic mass is 10.1. The van der Waals surface area contributed by atoms with Crippen molar-refractivity contribution in [3.05, 3.63) is 12.2 Å². The lowest BCUT2D eigenvalue weighted by Crippen LogP contribution is -2.21. The van der Waals surface area contributed by atoms with Gasteiger partial charge in [0.1, 0.15) is 6.10 Å². The monoisotopic (exact) mass is 396 g/mol. The van der Waals surface area contributed by atoms with E-state index < -0.39 is 12.1 Å². The molecule has 4 heteroatoms. The third-order valence-corrected chi connectivity index (χ3v) is 4.97. The highest BCUT2D eigenvalue weighted by molar-refractivity contribution is 5.71. The van der Waals surface area contributed by atoms with E-state index in [-0.39, 0.29) is 12.4 Å². The van der Waals surface area contributed by atoms with Crippen LogP contribution < -0.4 is 0 Å². The molecule has 0 aromatic rings. The molecule has 1 atom stereocenters. The zero-order chi connectivity index (χ0) is 20.9. The van der Waals surface area contributed by atoms with Crippen molar-refractivity contribution >= 4 is 11.9 Å². The van der Waals surface area contributed by atoms with Crippen LogP contribution in [0.2, 0.25) is 0 Å². The van der Waals surface area contributed by atoms with Gasteiger partial charge >= 0.3 is 11.9 Å². The smallest absolute Gasteiger partial charge is 0.307 e. The molecule has 164 valence electrons. The van der Waals surface area contributed by atoms with Crippen LogP contribution in [0.3, 0.4) is 0 Å². The summed E-state index contributed by atoms with van der Waals surface area (Å²) >= 11 is 0. The lowest BCUT2D eigenvalue weighted by molar-refractivity contribution is -0.153. The summed E-state index contributed by atoms with van der Waals surface area (Å²) in [5, 5.41) is 9.05. The van der Waals surface area contributed by atoms with Gasteiger partial charge in [-0.1, -0.05) is 83.8 Å². The zero-order valence-corrected chi connectivity index (χ0v) is 18.4. The molecule has 0 aliphatic rings. The standard InChI is InChI=1S/C24H44O4/c1-3-5-7-9-11-12-14-15-17-19-22(21-23(25)26)28-24(27)20-18-16-13-10-8-6-4-2/h12,14,22H,3-11,13,15-21H2,1-2H3,(H,25,26)/b14-12-. The van der Waals surface area contributed by atoms with Crippen LogP contribution in [0.1, 0.15) is 123 Å². The molecule has 0 heterocycles. The van der Waals surface area contributed by atoms with Gasteiger partial charge in [0.25, 0.3) is 0 Å². The van der Waals surface area contributed by atoms with E-state index >= 15 is 0 Å². The average molecular weight is 397 g/mol. The minimum atomic E-state index is -0.903. The Morgan fingerprint density at radius 1 is 0.786 bits per heavy atom. The van der Waals surface area contributed by atoms with E-state index in [1.807, 2.05) is 0 Å². The topological polar surface area (TPSA) is 63.6 Å². The van der Waals surface area contributed by atoms with E-state index in [1.165, 1.54) is 51.4 Å². The average Bonchev–Trinajstić information content (AvgIpc) is 2.65. The molecule has 0 aliphatic heterocycles. The summed E-state index contributed by atoms with van der Waals surface area (Å²) < 4.78 is 5.43. The van der Waals surface area contributed by atoms with E-state index in [2.05, 4.69) is 26.0 Å². The molecule has 0 aromatic heterocycles. The number of allylic oxidation sites excluding steroid dienone is 2. The predicted molar refractivity (Wildman–Crippen MR) is 116 cm³/mol. The Morgan fingerprint density at radius 3 is 1.93 bits per heavy atom.